The molecule has 0 unspecified atom stereocenters. The molecule has 0 aliphatic rings. The first kappa shape index (κ1) is 22.7. The molecule has 0 rings (SSSR count). The summed E-state index contributed by atoms with van der Waals surface area (Å²) in [4.78, 5) is 7.75. The van der Waals surface area contributed by atoms with Gasteiger partial charge in [0.05, 0.1) is 0 Å². The van der Waals surface area contributed by atoms with Gasteiger partial charge < -0.3 is 10.7 Å². The molecule has 0 aromatic carbocycles. The zero-order chi connectivity index (χ0) is 5.58. The summed E-state index contributed by atoms with van der Waals surface area (Å²) in [7, 11) is 0. The molecule has 0 N–H and O–H groups in total. The first-order valence-corrected chi connectivity index (χ1v) is 1.74. The molecule has 0 amide bonds. The van der Waals surface area contributed by atoms with Gasteiger partial charge in [0.15, 0.2) is 0 Å². The van der Waals surface area contributed by atoms with Crippen LogP contribution in [-0.2, 0) is 58.6 Å². The Kier molecular flexibility index (Phi) is 67.2. The topological polar surface area (TPSA) is 17.1 Å². The summed E-state index contributed by atoms with van der Waals surface area (Å²) in [5.41, 5.74) is 0. The Hall–Kier alpha value is 1.46. The Morgan fingerprint density at radius 2 is 1.12 bits per heavy atom. The summed E-state index contributed by atoms with van der Waals surface area (Å²) in [6.07, 6.45) is 0. The van der Waals surface area contributed by atoms with Gasteiger partial charge in [-0.25, -0.2) is 0 Å². The molecule has 0 aliphatic heterocycles. The maximum atomic E-state index is 7.75. The van der Waals surface area contributed by atoms with E-state index in [1.807, 2.05) is 0 Å². The second-order valence-corrected chi connectivity index (χ2v) is 1.50. The van der Waals surface area contributed by atoms with Crippen LogP contribution in [0.25, 0.3) is 0 Å². The van der Waals surface area contributed by atoms with Crippen molar-refractivity contribution in [1.29, 1.82) is 0 Å². The molecule has 0 spiro atoms. The molecule has 0 aromatic rings. The number of hydrogen-bond donors (Lipinski definition) is 0. The van der Waals surface area contributed by atoms with Crippen molar-refractivity contribution in [2.24, 2.45) is 0 Å². The van der Waals surface area contributed by atoms with Crippen LogP contribution in [0.3, 0.4) is 0 Å². The van der Waals surface area contributed by atoms with E-state index in [9.17, 15) is 0 Å². The molecule has 0 aromatic heterocycles. The number of carbonyl (C=O) groups excluding carboxylic acids is 1. The normalized spacial score (nSPS) is 5.00. The van der Waals surface area contributed by atoms with Crippen molar-refractivity contribution in [3.8, 4) is 0 Å². The molecule has 0 atom stereocenters. The summed E-state index contributed by atoms with van der Waals surface area (Å²) < 4.78 is 0. The number of rotatable bonds is 0. The first-order valence-electron chi connectivity index (χ1n) is 1.74. The van der Waals surface area contributed by atoms with Crippen molar-refractivity contribution in [1.82, 2.24) is 0 Å². The van der Waals surface area contributed by atoms with Gasteiger partial charge in [-0.15, -0.1) is 0 Å². The Bertz CT molecular complexity index is 23.6. The van der Waals surface area contributed by atoms with Crippen molar-refractivity contribution in [2.75, 3.05) is 0 Å². The SMILES string of the molecule is C[C-](C)C.[CH-]=O.[W].[Y]. The molecule has 3 heteroatoms. The fourth-order valence-electron chi connectivity index (χ4n) is 0. The van der Waals surface area contributed by atoms with Gasteiger partial charge in [-0.1, -0.05) is 0 Å². The third-order valence-corrected chi connectivity index (χ3v) is 0. The number of hydrogen-bond acceptors (Lipinski definition) is 1. The van der Waals surface area contributed by atoms with Gasteiger partial charge in [0.25, 0.3) is 0 Å². The molecular weight excluding hydrogens is 349 g/mol. The predicted molar refractivity (Wildman–Crippen MR) is 27.0 cm³/mol. The fourth-order valence-corrected chi connectivity index (χ4v) is 0. The van der Waals surface area contributed by atoms with Gasteiger partial charge >= 0.3 is 0 Å². The van der Waals surface area contributed by atoms with Gasteiger partial charge in [0.2, 0.25) is 0 Å². The van der Waals surface area contributed by atoms with E-state index in [0.717, 1.165) is 0 Å². The van der Waals surface area contributed by atoms with Crippen LogP contribution in [0, 0.1) is 5.92 Å². The Labute approximate surface area is 91.1 Å². The van der Waals surface area contributed by atoms with Crippen LogP contribution in [-0.4, -0.2) is 6.79 Å². The third-order valence-electron chi connectivity index (χ3n) is 0. The minimum Gasteiger partial charge on any atom is -0.545 e. The largest absolute Gasteiger partial charge is 0.545 e. The second-order valence-electron chi connectivity index (χ2n) is 1.50. The summed E-state index contributed by atoms with van der Waals surface area (Å²) in [6, 6.07) is 0. The van der Waals surface area contributed by atoms with Crippen LogP contribution in [0.15, 0.2) is 0 Å². The molecule has 0 fully saturated rings. The molecule has 8 heavy (non-hydrogen) atoms. The van der Waals surface area contributed by atoms with Gasteiger partial charge in [-0.3, -0.25) is 6.79 Å². The molecular formula is C5H10OWY-2. The van der Waals surface area contributed by atoms with Gasteiger partial charge in [-0.05, 0) is 0 Å². The molecule has 0 bridgehead atoms. The van der Waals surface area contributed by atoms with E-state index < -0.39 is 0 Å². The molecule has 0 saturated carbocycles. The van der Waals surface area contributed by atoms with E-state index in [4.69, 9.17) is 4.79 Å². The van der Waals surface area contributed by atoms with E-state index in [1.165, 1.54) is 5.92 Å². The molecule has 0 heterocycles. The summed E-state index contributed by atoms with van der Waals surface area (Å²) >= 11 is 0. The smallest absolute Gasteiger partial charge is 0 e. The van der Waals surface area contributed by atoms with Gasteiger partial charge in [0, 0.05) is 53.8 Å². The van der Waals surface area contributed by atoms with Crippen LogP contribution in [0.2, 0.25) is 0 Å². The zero-order valence-corrected chi connectivity index (χ0v) is 11.2. The van der Waals surface area contributed by atoms with Crippen LogP contribution in [0.1, 0.15) is 20.8 Å². The van der Waals surface area contributed by atoms with E-state index >= 15 is 0 Å². The van der Waals surface area contributed by atoms with Crippen molar-refractivity contribution < 1.29 is 58.6 Å². The summed E-state index contributed by atoms with van der Waals surface area (Å²) in [6.45, 7) is 9.50. The molecule has 1 nitrogen and oxygen atoms in total. The van der Waals surface area contributed by atoms with Crippen molar-refractivity contribution in [2.45, 2.75) is 20.8 Å². The van der Waals surface area contributed by atoms with E-state index in [2.05, 4.69) is 27.6 Å². The fraction of sp³-hybridized carbons (Fsp3) is 0.600. The van der Waals surface area contributed by atoms with Crippen molar-refractivity contribution in [3.05, 3.63) is 5.92 Å². The Morgan fingerprint density at radius 3 is 1.12 bits per heavy atom. The maximum Gasteiger partial charge on any atom is 0 e. The standard InChI is InChI=1S/C4H9.CHO.W.Y/c1-4(2)3;1-2;;/h1-3H3;1H;;/q2*-1;;. The van der Waals surface area contributed by atoms with E-state index in [1.54, 1.807) is 0 Å². The van der Waals surface area contributed by atoms with Crippen molar-refractivity contribution in [3.63, 3.8) is 0 Å². The summed E-state index contributed by atoms with van der Waals surface area (Å²) in [5.74, 6) is 1.42. The van der Waals surface area contributed by atoms with Crippen LogP contribution >= 0.6 is 0 Å². The van der Waals surface area contributed by atoms with Crippen LogP contribution in [0.5, 0.6) is 0 Å². The minimum atomic E-state index is 0. The Balaban J connectivity index is -0.0000000183. The van der Waals surface area contributed by atoms with Crippen LogP contribution < -0.4 is 0 Å². The maximum absolute atomic E-state index is 7.75. The monoisotopic (exact) mass is 359 g/mol. The molecule has 47 valence electrons. The van der Waals surface area contributed by atoms with Crippen LogP contribution in [0.4, 0.5) is 0 Å². The van der Waals surface area contributed by atoms with Gasteiger partial charge in [-0.2, -0.15) is 20.8 Å². The van der Waals surface area contributed by atoms with E-state index in [0.29, 0.717) is 0 Å². The predicted octanol–water partition coefficient (Wildman–Crippen LogP) is 1.34. The average Bonchev–Trinajstić information content (AvgIpc) is 1.41. The quantitative estimate of drug-likeness (QED) is 0.472. The molecule has 0 aliphatic carbocycles. The third kappa shape index (κ3) is 146. The Morgan fingerprint density at radius 1 is 1.12 bits per heavy atom. The molecule has 0 saturated heterocycles. The minimum absolute atomic E-state index is 0. The summed E-state index contributed by atoms with van der Waals surface area (Å²) in [5, 5.41) is 0. The second kappa shape index (κ2) is 23.7. The van der Waals surface area contributed by atoms with Crippen molar-refractivity contribution >= 4 is 6.79 Å². The van der Waals surface area contributed by atoms with E-state index in [-0.39, 0.29) is 53.8 Å². The first-order chi connectivity index (χ1) is 2.73. The van der Waals surface area contributed by atoms with Gasteiger partial charge in [0.1, 0.15) is 0 Å². The average molecular weight is 359 g/mol. The molecule has 1 radical (unpaired) electrons. The zero-order valence-electron chi connectivity index (χ0n) is 5.47.